The first-order chi connectivity index (χ1) is 10.2. The molecule has 1 unspecified atom stereocenters. The second-order valence-electron chi connectivity index (χ2n) is 4.86. The van der Waals surface area contributed by atoms with Gasteiger partial charge in [0.1, 0.15) is 6.29 Å². The molecule has 1 saturated heterocycles. The van der Waals surface area contributed by atoms with Crippen LogP contribution >= 0.6 is 23.5 Å². The normalized spacial score (nSPS) is 22.0. The van der Waals surface area contributed by atoms with E-state index in [1.165, 1.54) is 0 Å². The Morgan fingerprint density at radius 2 is 1.86 bits per heavy atom. The predicted molar refractivity (Wildman–Crippen MR) is 86.1 cm³/mol. The molecule has 0 N–H and O–H groups in total. The van der Waals surface area contributed by atoms with E-state index in [9.17, 15) is 9.59 Å². The summed E-state index contributed by atoms with van der Waals surface area (Å²) in [5, 5.41) is 0. The summed E-state index contributed by atoms with van der Waals surface area (Å²) in [5.41, 5.74) is 2.96. The molecule has 5 heteroatoms. The summed E-state index contributed by atoms with van der Waals surface area (Å²) in [6, 6.07) is 7.67. The smallest absolute Gasteiger partial charge is 0.340 e. The lowest BCUT2D eigenvalue weighted by atomic mass is 9.97. The molecule has 0 radical (unpaired) electrons. The van der Waals surface area contributed by atoms with E-state index in [0.29, 0.717) is 11.1 Å². The van der Waals surface area contributed by atoms with E-state index < -0.39 is 6.10 Å². The molecule has 0 amide bonds. The second kappa shape index (κ2) is 6.12. The van der Waals surface area contributed by atoms with Gasteiger partial charge < -0.3 is 4.74 Å². The fourth-order valence-electron chi connectivity index (χ4n) is 2.25. The van der Waals surface area contributed by atoms with Crippen LogP contribution in [0.25, 0.3) is 0 Å². The summed E-state index contributed by atoms with van der Waals surface area (Å²) in [7, 11) is 0. The number of hydrogen-bond donors (Lipinski definition) is 0. The van der Waals surface area contributed by atoms with Gasteiger partial charge in [0.15, 0.2) is 6.10 Å². The Labute approximate surface area is 131 Å². The molecule has 0 bridgehead atoms. The SMILES string of the molecule is Cc1ccc(C2OC(=O)C(=C3SCCS3)C=C2C=O)cc1. The lowest BCUT2D eigenvalue weighted by molar-refractivity contribution is -0.143. The molecule has 0 aromatic heterocycles. The van der Waals surface area contributed by atoms with Crippen LogP contribution in [0, 0.1) is 6.92 Å². The number of aldehydes is 1. The van der Waals surface area contributed by atoms with Crippen molar-refractivity contribution in [2.75, 3.05) is 11.5 Å². The molecule has 3 rings (SSSR count). The average molecular weight is 318 g/mol. The third kappa shape index (κ3) is 2.94. The Kier molecular flexibility index (Phi) is 4.22. The largest absolute Gasteiger partial charge is 0.449 e. The highest BCUT2D eigenvalue weighted by Crippen LogP contribution is 2.42. The average Bonchev–Trinajstić information content (AvgIpc) is 3.02. The first kappa shape index (κ1) is 14.5. The molecule has 2 aliphatic rings. The number of benzene rings is 1. The maximum Gasteiger partial charge on any atom is 0.340 e. The number of thioether (sulfide) groups is 2. The molecule has 108 valence electrons. The number of rotatable bonds is 2. The summed E-state index contributed by atoms with van der Waals surface area (Å²) in [4.78, 5) is 23.6. The lowest BCUT2D eigenvalue weighted by Gasteiger charge is -2.24. The van der Waals surface area contributed by atoms with Crippen LogP contribution < -0.4 is 0 Å². The topological polar surface area (TPSA) is 43.4 Å². The Morgan fingerprint density at radius 1 is 1.19 bits per heavy atom. The van der Waals surface area contributed by atoms with Crippen molar-refractivity contribution in [1.82, 2.24) is 0 Å². The van der Waals surface area contributed by atoms with Crippen LogP contribution in [0.5, 0.6) is 0 Å². The number of cyclic esters (lactones) is 1. The van der Waals surface area contributed by atoms with E-state index in [0.717, 1.165) is 33.2 Å². The molecular formula is C16H14O3S2. The maximum atomic E-state index is 12.2. The van der Waals surface area contributed by atoms with Crippen molar-refractivity contribution >= 4 is 35.8 Å². The van der Waals surface area contributed by atoms with Gasteiger partial charge in [0.25, 0.3) is 0 Å². The summed E-state index contributed by atoms with van der Waals surface area (Å²) in [5.74, 6) is 1.63. The van der Waals surface area contributed by atoms with Crippen molar-refractivity contribution in [3.05, 3.63) is 56.9 Å². The molecule has 1 aromatic rings. The lowest BCUT2D eigenvalue weighted by Crippen LogP contribution is -2.21. The van der Waals surface area contributed by atoms with Crippen LogP contribution in [-0.4, -0.2) is 23.8 Å². The quantitative estimate of drug-likeness (QED) is 0.475. The van der Waals surface area contributed by atoms with Gasteiger partial charge in [0, 0.05) is 17.1 Å². The van der Waals surface area contributed by atoms with E-state index in [1.807, 2.05) is 31.2 Å². The van der Waals surface area contributed by atoms with Crippen molar-refractivity contribution in [2.24, 2.45) is 0 Å². The van der Waals surface area contributed by atoms with Crippen molar-refractivity contribution in [3.8, 4) is 0 Å². The second-order valence-corrected chi connectivity index (χ2v) is 7.33. The minimum Gasteiger partial charge on any atom is -0.449 e. The predicted octanol–water partition coefficient (Wildman–Crippen LogP) is 3.41. The number of carbonyl (C=O) groups excluding carboxylic acids is 2. The number of hydrogen-bond acceptors (Lipinski definition) is 5. The highest BCUT2D eigenvalue weighted by molar-refractivity contribution is 8.25. The Balaban J connectivity index is 1.99. The minimum atomic E-state index is -0.601. The Hall–Kier alpha value is -1.46. The van der Waals surface area contributed by atoms with Crippen molar-refractivity contribution in [1.29, 1.82) is 0 Å². The van der Waals surface area contributed by atoms with Gasteiger partial charge in [-0.05, 0) is 18.6 Å². The van der Waals surface area contributed by atoms with Gasteiger partial charge >= 0.3 is 5.97 Å². The van der Waals surface area contributed by atoms with Crippen LogP contribution in [0.1, 0.15) is 17.2 Å². The molecule has 0 saturated carbocycles. The van der Waals surface area contributed by atoms with E-state index in [4.69, 9.17) is 4.74 Å². The zero-order valence-electron chi connectivity index (χ0n) is 11.5. The number of aryl methyl sites for hydroxylation is 1. The molecule has 0 spiro atoms. The molecule has 2 aliphatic heterocycles. The van der Waals surface area contributed by atoms with E-state index in [-0.39, 0.29) is 5.97 Å². The Bertz CT molecular complexity index is 636. The van der Waals surface area contributed by atoms with Crippen molar-refractivity contribution in [2.45, 2.75) is 13.0 Å². The van der Waals surface area contributed by atoms with Crippen LogP contribution in [0.3, 0.4) is 0 Å². The standard InChI is InChI=1S/C16H14O3S2/c1-10-2-4-11(5-3-10)14-12(9-17)8-13(15(18)19-14)16-20-6-7-21-16/h2-5,8-9,14H,6-7H2,1H3. The zero-order chi connectivity index (χ0) is 14.8. The van der Waals surface area contributed by atoms with E-state index >= 15 is 0 Å². The minimum absolute atomic E-state index is 0.344. The highest BCUT2D eigenvalue weighted by Gasteiger charge is 2.31. The molecule has 1 aromatic carbocycles. The van der Waals surface area contributed by atoms with Gasteiger partial charge in [-0.15, -0.1) is 23.5 Å². The monoisotopic (exact) mass is 318 g/mol. The highest BCUT2D eigenvalue weighted by atomic mass is 32.2. The van der Waals surface area contributed by atoms with E-state index in [2.05, 4.69) is 0 Å². The Morgan fingerprint density at radius 3 is 2.48 bits per heavy atom. The van der Waals surface area contributed by atoms with Crippen LogP contribution in [0.2, 0.25) is 0 Å². The van der Waals surface area contributed by atoms with Crippen molar-refractivity contribution < 1.29 is 14.3 Å². The third-order valence-electron chi connectivity index (χ3n) is 3.34. The van der Waals surface area contributed by atoms with Crippen LogP contribution in [-0.2, 0) is 14.3 Å². The number of ether oxygens (including phenoxy) is 1. The van der Waals surface area contributed by atoms with Gasteiger partial charge in [-0.3, -0.25) is 4.79 Å². The summed E-state index contributed by atoms with van der Waals surface area (Å²) < 4.78 is 6.48. The molecule has 1 atom stereocenters. The van der Waals surface area contributed by atoms with Gasteiger partial charge in [-0.2, -0.15) is 0 Å². The summed E-state index contributed by atoms with van der Waals surface area (Å²) >= 11 is 3.29. The molecule has 0 aliphatic carbocycles. The third-order valence-corrected chi connectivity index (χ3v) is 6.09. The summed E-state index contributed by atoms with van der Waals surface area (Å²) in [6.45, 7) is 1.99. The molecule has 3 nitrogen and oxygen atoms in total. The fourth-order valence-corrected chi connectivity index (χ4v) is 4.71. The van der Waals surface area contributed by atoms with Gasteiger partial charge in [0.2, 0.25) is 0 Å². The van der Waals surface area contributed by atoms with Gasteiger partial charge in [-0.1, -0.05) is 29.8 Å². The first-order valence-corrected chi connectivity index (χ1v) is 8.60. The summed E-state index contributed by atoms with van der Waals surface area (Å²) in [6.07, 6.45) is 1.86. The molecule has 1 fully saturated rings. The maximum absolute atomic E-state index is 12.2. The molecule has 21 heavy (non-hydrogen) atoms. The number of esters is 1. The van der Waals surface area contributed by atoms with Crippen molar-refractivity contribution in [3.63, 3.8) is 0 Å². The number of carbonyl (C=O) groups is 2. The zero-order valence-corrected chi connectivity index (χ0v) is 13.1. The first-order valence-electron chi connectivity index (χ1n) is 6.63. The van der Waals surface area contributed by atoms with Crippen LogP contribution in [0.15, 0.2) is 45.7 Å². The molecule has 2 heterocycles. The van der Waals surface area contributed by atoms with E-state index in [1.54, 1.807) is 29.6 Å². The molecular weight excluding hydrogens is 304 g/mol. The fraction of sp³-hybridized carbons (Fsp3) is 0.250. The van der Waals surface area contributed by atoms with Gasteiger partial charge in [0.05, 0.1) is 9.81 Å². The van der Waals surface area contributed by atoms with Gasteiger partial charge in [-0.25, -0.2) is 4.79 Å². The van der Waals surface area contributed by atoms with Crippen LogP contribution in [0.4, 0.5) is 0 Å².